The van der Waals surface area contributed by atoms with Gasteiger partial charge in [0, 0.05) is 35.2 Å². The number of ketones is 1. The van der Waals surface area contributed by atoms with Crippen molar-refractivity contribution in [3.05, 3.63) is 90.0 Å². The minimum atomic E-state index is -0.724. The number of aromatic amines is 1. The Morgan fingerprint density at radius 2 is 1.62 bits per heavy atom. The van der Waals surface area contributed by atoms with E-state index in [0.29, 0.717) is 13.0 Å². The maximum absolute atomic E-state index is 14.0. The molecule has 2 aliphatic heterocycles. The monoisotopic (exact) mass is 676 g/mol. The Balaban J connectivity index is 1.12. The van der Waals surface area contributed by atoms with Crippen LogP contribution in [-0.2, 0) is 30.3 Å². The number of rotatable bonds is 11. The molecule has 2 amide bonds. The summed E-state index contributed by atoms with van der Waals surface area (Å²) >= 11 is 0. The fraction of sp³-hybridized carbons (Fsp3) is 0.415. The maximum Gasteiger partial charge on any atom is 0.307 e. The molecule has 262 valence electrons. The fourth-order valence-electron chi connectivity index (χ4n) is 7.38. The van der Waals surface area contributed by atoms with E-state index in [-0.39, 0.29) is 36.5 Å². The number of hydrogen-bond acceptors (Lipinski definition) is 6. The molecule has 3 atom stereocenters. The highest BCUT2D eigenvalue weighted by atomic mass is 16.6. The molecule has 0 radical (unpaired) electrons. The van der Waals surface area contributed by atoms with Crippen LogP contribution in [0, 0.1) is 0 Å². The standard InChI is InChI=1S/C41H48N4O5/c1-5-44-21-9-14-36(44)39(48)42-31-18-16-29(17-19-31)34-25-30-23-27(15-20-33(30)43-34)24-37(46)35-13-10-22-45(35)40(49)32(28-11-7-6-8-12-28)26-38(47)50-41(2,3)4/h6-8,11-12,15-20,23,25,32,35-36,43H,5,9-10,13-14,21-22,24,26H2,1-4H3,(H,42,48)/t32-,35+,36+/m1/s1. The van der Waals surface area contributed by atoms with Gasteiger partial charge in [0.1, 0.15) is 5.60 Å². The molecule has 0 saturated carbocycles. The average Bonchev–Trinajstić information content (AvgIpc) is 3.86. The molecule has 0 bridgehead atoms. The Bertz CT molecular complexity index is 1840. The number of amides is 2. The average molecular weight is 677 g/mol. The Labute approximate surface area is 294 Å². The van der Waals surface area contributed by atoms with E-state index in [1.54, 1.807) is 4.90 Å². The number of ether oxygens (including phenoxy) is 1. The first-order chi connectivity index (χ1) is 24.0. The van der Waals surface area contributed by atoms with Crippen LogP contribution in [0.4, 0.5) is 5.69 Å². The van der Waals surface area contributed by atoms with Crippen molar-refractivity contribution >= 4 is 40.2 Å². The Kier molecular flexibility index (Phi) is 10.5. The number of carbonyl (C=O) groups is 4. The number of carbonyl (C=O) groups excluding carboxylic acids is 4. The molecule has 4 aromatic rings. The summed E-state index contributed by atoms with van der Waals surface area (Å²) in [5.74, 6) is -1.33. The van der Waals surface area contributed by atoms with Crippen LogP contribution in [0.1, 0.15) is 76.8 Å². The first-order valence-corrected chi connectivity index (χ1v) is 17.9. The van der Waals surface area contributed by atoms with Gasteiger partial charge in [0.25, 0.3) is 0 Å². The van der Waals surface area contributed by atoms with E-state index in [4.69, 9.17) is 4.74 Å². The van der Waals surface area contributed by atoms with E-state index < -0.39 is 23.5 Å². The second-order valence-electron chi connectivity index (χ2n) is 14.5. The molecule has 2 saturated heterocycles. The van der Waals surface area contributed by atoms with Crippen molar-refractivity contribution in [3.8, 4) is 11.3 Å². The minimum absolute atomic E-state index is 0.00710. The van der Waals surface area contributed by atoms with Crippen LogP contribution < -0.4 is 5.32 Å². The van der Waals surface area contributed by atoms with Crippen LogP contribution in [0.5, 0.6) is 0 Å². The molecule has 3 aromatic carbocycles. The smallest absolute Gasteiger partial charge is 0.307 e. The highest BCUT2D eigenvalue weighted by Gasteiger charge is 2.38. The lowest BCUT2D eigenvalue weighted by molar-refractivity contribution is -0.157. The zero-order valence-corrected chi connectivity index (χ0v) is 29.5. The van der Waals surface area contributed by atoms with Crippen LogP contribution in [0.3, 0.4) is 0 Å². The summed E-state index contributed by atoms with van der Waals surface area (Å²) in [6.45, 7) is 9.83. The maximum atomic E-state index is 14.0. The van der Waals surface area contributed by atoms with Gasteiger partial charge in [-0.1, -0.05) is 55.5 Å². The predicted molar refractivity (Wildman–Crippen MR) is 196 cm³/mol. The van der Waals surface area contributed by atoms with Crippen molar-refractivity contribution in [1.29, 1.82) is 0 Å². The lowest BCUT2D eigenvalue weighted by Crippen LogP contribution is -2.44. The molecule has 2 N–H and O–H groups in total. The third-order valence-electron chi connectivity index (χ3n) is 9.80. The van der Waals surface area contributed by atoms with Gasteiger partial charge in [-0.15, -0.1) is 0 Å². The number of esters is 1. The van der Waals surface area contributed by atoms with Crippen LogP contribution in [0.15, 0.2) is 78.9 Å². The summed E-state index contributed by atoms with van der Waals surface area (Å²) < 4.78 is 5.57. The molecule has 6 rings (SSSR count). The van der Waals surface area contributed by atoms with Gasteiger partial charge in [0.15, 0.2) is 5.78 Å². The molecular formula is C41H48N4O5. The summed E-state index contributed by atoms with van der Waals surface area (Å²) in [7, 11) is 0. The van der Waals surface area contributed by atoms with E-state index in [1.165, 1.54) is 0 Å². The van der Waals surface area contributed by atoms with Gasteiger partial charge in [-0.3, -0.25) is 24.1 Å². The molecule has 2 fully saturated rings. The number of likely N-dealkylation sites (N-methyl/N-ethyl adjacent to an activating group) is 1. The molecule has 2 aliphatic rings. The van der Waals surface area contributed by atoms with E-state index in [1.807, 2.05) is 93.6 Å². The Morgan fingerprint density at radius 1 is 0.900 bits per heavy atom. The summed E-state index contributed by atoms with van der Waals surface area (Å²) in [6, 6.07) is 24.6. The van der Waals surface area contributed by atoms with E-state index in [9.17, 15) is 19.2 Å². The second kappa shape index (κ2) is 15.0. The van der Waals surface area contributed by atoms with Gasteiger partial charge in [0.05, 0.1) is 24.4 Å². The molecule has 0 unspecified atom stereocenters. The number of nitrogens with zero attached hydrogens (tertiary/aromatic N) is 2. The molecule has 1 aromatic heterocycles. The fourth-order valence-corrected chi connectivity index (χ4v) is 7.38. The first kappa shape index (κ1) is 35.1. The van der Waals surface area contributed by atoms with Crippen molar-refractivity contribution in [2.45, 2.75) is 89.8 Å². The molecule has 0 aliphatic carbocycles. The largest absolute Gasteiger partial charge is 0.460 e. The van der Waals surface area contributed by atoms with Crippen LogP contribution in [0.25, 0.3) is 22.2 Å². The Hall–Kier alpha value is -4.76. The minimum Gasteiger partial charge on any atom is -0.460 e. The van der Waals surface area contributed by atoms with Gasteiger partial charge < -0.3 is 19.9 Å². The summed E-state index contributed by atoms with van der Waals surface area (Å²) in [6.07, 6.45) is 3.39. The van der Waals surface area contributed by atoms with Crippen molar-refractivity contribution in [3.63, 3.8) is 0 Å². The quantitative estimate of drug-likeness (QED) is 0.168. The van der Waals surface area contributed by atoms with E-state index in [2.05, 4.69) is 28.2 Å². The topological polar surface area (TPSA) is 112 Å². The van der Waals surface area contributed by atoms with Crippen molar-refractivity contribution in [1.82, 2.24) is 14.8 Å². The normalized spacial score (nSPS) is 18.7. The third-order valence-corrected chi connectivity index (χ3v) is 9.80. The summed E-state index contributed by atoms with van der Waals surface area (Å²) in [4.78, 5) is 60.9. The lowest BCUT2D eigenvalue weighted by atomic mass is 9.93. The summed E-state index contributed by atoms with van der Waals surface area (Å²) in [5.41, 5.74) is 4.63. The van der Waals surface area contributed by atoms with Gasteiger partial charge in [0.2, 0.25) is 11.8 Å². The number of aromatic nitrogens is 1. The summed E-state index contributed by atoms with van der Waals surface area (Å²) in [5, 5.41) is 4.07. The van der Waals surface area contributed by atoms with Crippen molar-refractivity contribution in [2.24, 2.45) is 0 Å². The first-order valence-electron chi connectivity index (χ1n) is 17.9. The number of likely N-dealkylation sites (tertiary alicyclic amines) is 2. The molecule has 0 spiro atoms. The molecule has 9 heteroatoms. The van der Waals surface area contributed by atoms with Crippen LogP contribution in [-0.4, -0.2) is 75.7 Å². The number of nitrogens with one attached hydrogen (secondary N) is 2. The number of hydrogen-bond donors (Lipinski definition) is 2. The number of H-pyrrole nitrogens is 1. The SMILES string of the molecule is CCN1CCC[C@H]1C(=O)Nc1ccc(-c2cc3cc(CC(=O)[C@@H]4CCCN4C(=O)[C@H](CC(=O)OC(C)(C)C)c4ccccc4)ccc3[nH]2)cc1. The highest BCUT2D eigenvalue weighted by molar-refractivity contribution is 5.96. The second-order valence-corrected chi connectivity index (χ2v) is 14.5. The van der Waals surface area contributed by atoms with Crippen LogP contribution in [0.2, 0.25) is 0 Å². The van der Waals surface area contributed by atoms with Gasteiger partial charge in [-0.2, -0.15) is 0 Å². The molecule has 50 heavy (non-hydrogen) atoms. The van der Waals surface area contributed by atoms with Crippen LogP contribution >= 0.6 is 0 Å². The number of benzene rings is 3. The van der Waals surface area contributed by atoms with Gasteiger partial charge >= 0.3 is 5.97 Å². The number of Topliss-reactive ketones (excluding diaryl/α,β-unsaturated/α-hetero) is 1. The van der Waals surface area contributed by atoms with Gasteiger partial charge in [-0.25, -0.2) is 0 Å². The highest BCUT2D eigenvalue weighted by Crippen LogP contribution is 2.31. The zero-order valence-electron chi connectivity index (χ0n) is 29.5. The number of anilines is 1. The predicted octanol–water partition coefficient (Wildman–Crippen LogP) is 6.88. The van der Waals surface area contributed by atoms with E-state index in [0.717, 1.165) is 71.3 Å². The molecule has 3 heterocycles. The lowest BCUT2D eigenvalue weighted by Gasteiger charge is -2.29. The van der Waals surface area contributed by atoms with Crippen molar-refractivity contribution in [2.75, 3.05) is 25.0 Å². The third kappa shape index (κ3) is 8.16. The Morgan fingerprint density at radius 3 is 2.34 bits per heavy atom. The van der Waals surface area contributed by atoms with E-state index >= 15 is 0 Å². The molecular weight excluding hydrogens is 628 g/mol. The van der Waals surface area contributed by atoms with Gasteiger partial charge in [-0.05, 0) is 107 Å². The number of fused-ring (bicyclic) bond motifs is 1. The van der Waals surface area contributed by atoms with Crippen molar-refractivity contribution < 1.29 is 23.9 Å². The molecule has 9 nitrogen and oxygen atoms in total. The zero-order chi connectivity index (χ0) is 35.4.